The van der Waals surface area contributed by atoms with Gasteiger partial charge in [-0.2, -0.15) is 13.2 Å². The number of carbonyl (C=O) groups excluding carboxylic acids is 2. The molecule has 0 saturated carbocycles. The van der Waals surface area contributed by atoms with Crippen LogP contribution in [0.2, 0.25) is 0 Å². The maximum Gasteiger partial charge on any atom is 0.416 e. The molecule has 0 fully saturated rings. The lowest BCUT2D eigenvalue weighted by molar-refractivity contribution is -0.137. The van der Waals surface area contributed by atoms with Gasteiger partial charge in [0.25, 0.3) is 5.91 Å². The predicted octanol–water partition coefficient (Wildman–Crippen LogP) is 5.14. The van der Waals surface area contributed by atoms with Crippen LogP contribution in [0.25, 0.3) is 22.6 Å². The van der Waals surface area contributed by atoms with E-state index in [2.05, 4.69) is 30.6 Å². The van der Waals surface area contributed by atoms with E-state index in [-0.39, 0.29) is 11.6 Å². The summed E-state index contributed by atoms with van der Waals surface area (Å²) in [5.74, 6) is -0.285. The molecule has 0 spiro atoms. The Kier molecular flexibility index (Phi) is 6.73. The first kappa shape index (κ1) is 24.5. The van der Waals surface area contributed by atoms with Crippen molar-refractivity contribution in [3.05, 3.63) is 83.9 Å². The van der Waals surface area contributed by atoms with Crippen molar-refractivity contribution in [2.45, 2.75) is 20.0 Å². The van der Waals surface area contributed by atoms with E-state index in [9.17, 15) is 22.8 Å². The number of benzene rings is 1. The van der Waals surface area contributed by atoms with Gasteiger partial charge in [0.05, 0.1) is 11.3 Å². The molecule has 0 unspecified atom stereocenters. The van der Waals surface area contributed by atoms with Crippen molar-refractivity contribution in [2.24, 2.45) is 0 Å². The first-order valence-electron chi connectivity index (χ1n) is 10.6. The molecule has 0 aliphatic heterocycles. The second-order valence-corrected chi connectivity index (χ2v) is 7.79. The van der Waals surface area contributed by atoms with E-state index >= 15 is 0 Å². The van der Waals surface area contributed by atoms with Crippen LogP contribution in [0.4, 0.5) is 24.7 Å². The molecule has 11 heteroatoms. The Balaban J connectivity index is 1.62. The topological polar surface area (TPSA) is 110 Å². The molecule has 0 aliphatic rings. The van der Waals surface area contributed by atoms with E-state index in [0.29, 0.717) is 40.2 Å². The molecule has 8 nitrogen and oxygen atoms in total. The van der Waals surface area contributed by atoms with E-state index in [1.165, 1.54) is 13.1 Å². The minimum Gasteiger partial charge on any atom is -0.321 e. The molecule has 0 saturated heterocycles. The third kappa shape index (κ3) is 5.69. The molecule has 2 N–H and O–H groups in total. The van der Waals surface area contributed by atoms with Gasteiger partial charge in [-0.15, -0.1) is 0 Å². The van der Waals surface area contributed by atoms with E-state index in [1.807, 2.05) is 6.92 Å². The lowest BCUT2D eigenvalue weighted by Gasteiger charge is -2.12. The van der Waals surface area contributed by atoms with E-state index < -0.39 is 17.6 Å². The summed E-state index contributed by atoms with van der Waals surface area (Å²) in [6.45, 7) is 3.24. The van der Waals surface area contributed by atoms with Gasteiger partial charge in [0.15, 0.2) is 5.82 Å². The van der Waals surface area contributed by atoms with Crippen molar-refractivity contribution in [3.63, 3.8) is 0 Å². The van der Waals surface area contributed by atoms with Crippen molar-refractivity contribution < 1.29 is 22.8 Å². The molecule has 4 aromatic rings. The smallest absolute Gasteiger partial charge is 0.321 e. The van der Waals surface area contributed by atoms with Gasteiger partial charge in [0.2, 0.25) is 5.91 Å². The van der Waals surface area contributed by atoms with Crippen molar-refractivity contribution >= 4 is 23.3 Å². The average molecular weight is 492 g/mol. The Bertz CT molecular complexity index is 1460. The molecule has 182 valence electrons. The van der Waals surface area contributed by atoms with Crippen molar-refractivity contribution in [2.75, 3.05) is 10.6 Å². The van der Waals surface area contributed by atoms with E-state index in [0.717, 1.165) is 17.8 Å². The number of aryl methyl sites for hydroxylation is 1. The van der Waals surface area contributed by atoms with Crippen LogP contribution in [0, 0.1) is 6.92 Å². The molecule has 36 heavy (non-hydrogen) atoms. The van der Waals surface area contributed by atoms with Crippen LogP contribution in [0.3, 0.4) is 0 Å². The monoisotopic (exact) mass is 492 g/mol. The summed E-state index contributed by atoms with van der Waals surface area (Å²) in [7, 11) is 0. The van der Waals surface area contributed by atoms with E-state index in [1.54, 1.807) is 42.6 Å². The van der Waals surface area contributed by atoms with Crippen LogP contribution in [-0.2, 0) is 11.0 Å². The van der Waals surface area contributed by atoms with Gasteiger partial charge in [0, 0.05) is 42.3 Å². The lowest BCUT2D eigenvalue weighted by atomic mass is 10.0. The normalized spacial score (nSPS) is 11.1. The van der Waals surface area contributed by atoms with Crippen LogP contribution in [0.1, 0.15) is 28.5 Å². The summed E-state index contributed by atoms with van der Waals surface area (Å²) >= 11 is 0. The van der Waals surface area contributed by atoms with Gasteiger partial charge in [-0.1, -0.05) is 6.07 Å². The van der Waals surface area contributed by atoms with Gasteiger partial charge in [-0.3, -0.25) is 14.6 Å². The Labute approximate surface area is 203 Å². The zero-order valence-corrected chi connectivity index (χ0v) is 19.1. The Morgan fingerprint density at radius 3 is 2.36 bits per heavy atom. The number of carbonyl (C=O) groups is 2. The number of hydrogen-bond acceptors (Lipinski definition) is 6. The molecule has 3 heterocycles. The number of aromatic nitrogens is 4. The molecule has 0 atom stereocenters. The fourth-order valence-electron chi connectivity index (χ4n) is 3.37. The van der Waals surface area contributed by atoms with Gasteiger partial charge in [0.1, 0.15) is 11.5 Å². The molecule has 3 aromatic heterocycles. The van der Waals surface area contributed by atoms with Crippen LogP contribution < -0.4 is 10.6 Å². The van der Waals surface area contributed by atoms with Gasteiger partial charge in [-0.25, -0.2) is 15.0 Å². The third-order valence-corrected chi connectivity index (χ3v) is 5.07. The molecule has 2 amide bonds. The number of amides is 2. The van der Waals surface area contributed by atoms with Gasteiger partial charge in [-0.05, 0) is 55.0 Å². The Morgan fingerprint density at radius 2 is 1.61 bits per heavy atom. The molecule has 1 aromatic carbocycles. The highest BCUT2D eigenvalue weighted by atomic mass is 19.4. The second-order valence-electron chi connectivity index (χ2n) is 7.79. The molecule has 4 rings (SSSR count). The summed E-state index contributed by atoms with van der Waals surface area (Å²) in [4.78, 5) is 40.7. The van der Waals surface area contributed by atoms with Crippen molar-refractivity contribution in [1.82, 2.24) is 19.9 Å². The first-order valence-corrected chi connectivity index (χ1v) is 10.6. The summed E-state index contributed by atoms with van der Waals surface area (Å²) in [6, 6.07) is 11.6. The number of nitrogens with one attached hydrogen (secondary N) is 2. The average Bonchev–Trinajstić information content (AvgIpc) is 2.84. The van der Waals surface area contributed by atoms with Crippen LogP contribution >= 0.6 is 0 Å². The predicted molar refractivity (Wildman–Crippen MR) is 127 cm³/mol. The zero-order valence-electron chi connectivity index (χ0n) is 19.1. The van der Waals surface area contributed by atoms with Gasteiger partial charge >= 0.3 is 6.18 Å². The number of hydrogen-bond donors (Lipinski definition) is 2. The number of halogens is 3. The highest BCUT2D eigenvalue weighted by molar-refractivity contribution is 6.03. The van der Waals surface area contributed by atoms with Crippen LogP contribution in [0.15, 0.2) is 67.1 Å². The summed E-state index contributed by atoms with van der Waals surface area (Å²) in [5.41, 5.74) is 1.77. The molecule has 0 radical (unpaired) electrons. The number of pyridine rings is 2. The fourth-order valence-corrected chi connectivity index (χ4v) is 3.37. The van der Waals surface area contributed by atoms with E-state index in [4.69, 9.17) is 0 Å². The fraction of sp³-hybridized carbons (Fsp3) is 0.120. The number of alkyl halides is 3. The number of rotatable bonds is 5. The standard InChI is InChI=1S/C25H19F3N6O2/c1-14-3-4-18(33-24(36)21-12-17(6-9-29-21)25(26,27)28)13-19(14)20-7-10-31-23(34-20)16-5-8-30-22(11-16)32-15(2)35/h3-13H,1-2H3,(H,33,36)(H,30,32,35). The highest BCUT2D eigenvalue weighted by Gasteiger charge is 2.31. The second kappa shape index (κ2) is 9.90. The minimum absolute atomic E-state index is 0.260. The molecular weight excluding hydrogens is 473 g/mol. The minimum atomic E-state index is -4.59. The Morgan fingerprint density at radius 1 is 0.861 bits per heavy atom. The summed E-state index contributed by atoms with van der Waals surface area (Å²) in [5, 5.41) is 5.19. The molecule has 0 aliphatic carbocycles. The third-order valence-electron chi connectivity index (χ3n) is 5.07. The van der Waals surface area contributed by atoms with Crippen LogP contribution in [0.5, 0.6) is 0 Å². The lowest BCUT2D eigenvalue weighted by Crippen LogP contribution is -2.15. The quantitative estimate of drug-likeness (QED) is 0.399. The molecular formula is C25H19F3N6O2. The molecule has 0 bridgehead atoms. The Hall–Kier alpha value is -4.67. The first-order chi connectivity index (χ1) is 17.1. The number of anilines is 2. The zero-order chi connectivity index (χ0) is 25.9. The SMILES string of the molecule is CC(=O)Nc1cc(-c2nccc(-c3cc(NC(=O)c4cc(C(F)(F)F)ccn4)ccc3C)n2)ccn1. The number of nitrogens with zero attached hydrogens (tertiary/aromatic N) is 4. The van der Waals surface area contributed by atoms with Gasteiger partial charge < -0.3 is 10.6 Å². The van der Waals surface area contributed by atoms with Crippen molar-refractivity contribution in [1.29, 1.82) is 0 Å². The largest absolute Gasteiger partial charge is 0.416 e. The van der Waals surface area contributed by atoms with Crippen molar-refractivity contribution in [3.8, 4) is 22.6 Å². The maximum absolute atomic E-state index is 13.0. The highest BCUT2D eigenvalue weighted by Crippen LogP contribution is 2.30. The summed E-state index contributed by atoms with van der Waals surface area (Å²) in [6.07, 6.45) is -0.540. The summed E-state index contributed by atoms with van der Waals surface area (Å²) < 4.78 is 38.9. The van der Waals surface area contributed by atoms with Crippen LogP contribution in [-0.4, -0.2) is 31.8 Å². The maximum atomic E-state index is 13.0.